The second-order valence-electron chi connectivity index (χ2n) is 6.77. The van der Waals surface area contributed by atoms with Crippen LogP contribution in [0.2, 0.25) is 0 Å². The highest BCUT2D eigenvalue weighted by molar-refractivity contribution is 5.40. The van der Waals surface area contributed by atoms with Gasteiger partial charge in [-0.25, -0.2) is 14.4 Å². The number of anilines is 1. The molecule has 24 heavy (non-hydrogen) atoms. The summed E-state index contributed by atoms with van der Waals surface area (Å²) < 4.78 is 13.0. The van der Waals surface area contributed by atoms with Gasteiger partial charge >= 0.3 is 0 Å². The molecule has 0 saturated carbocycles. The third-order valence-corrected chi connectivity index (χ3v) is 4.39. The van der Waals surface area contributed by atoms with Crippen molar-refractivity contribution in [2.75, 3.05) is 31.1 Å². The van der Waals surface area contributed by atoms with Crippen LogP contribution in [-0.4, -0.2) is 41.0 Å². The zero-order valence-electron chi connectivity index (χ0n) is 14.7. The minimum Gasteiger partial charge on any atom is -0.354 e. The molecule has 0 unspecified atom stereocenters. The van der Waals surface area contributed by atoms with Gasteiger partial charge < -0.3 is 4.90 Å². The molecule has 0 spiro atoms. The summed E-state index contributed by atoms with van der Waals surface area (Å²) in [4.78, 5) is 14.0. The fraction of sp³-hybridized carbons (Fsp3) is 0.474. The Labute approximate surface area is 143 Å². The predicted molar refractivity (Wildman–Crippen MR) is 94.7 cm³/mol. The number of aromatic nitrogens is 2. The minimum absolute atomic E-state index is 0.177. The van der Waals surface area contributed by atoms with E-state index in [1.807, 2.05) is 19.1 Å². The van der Waals surface area contributed by atoms with Crippen LogP contribution in [0.15, 0.2) is 30.3 Å². The Morgan fingerprint density at radius 1 is 1.04 bits per heavy atom. The van der Waals surface area contributed by atoms with Crippen molar-refractivity contribution in [2.45, 2.75) is 33.2 Å². The summed E-state index contributed by atoms with van der Waals surface area (Å²) in [5.41, 5.74) is 2.18. The van der Waals surface area contributed by atoms with Crippen molar-refractivity contribution in [1.29, 1.82) is 0 Å². The number of hydrogen-bond acceptors (Lipinski definition) is 4. The van der Waals surface area contributed by atoms with Gasteiger partial charge in [0.15, 0.2) is 0 Å². The third-order valence-electron chi connectivity index (χ3n) is 4.39. The first kappa shape index (κ1) is 16.8. The maximum absolute atomic E-state index is 13.0. The van der Waals surface area contributed by atoms with Gasteiger partial charge in [-0.05, 0) is 24.6 Å². The van der Waals surface area contributed by atoms with Crippen molar-refractivity contribution in [1.82, 2.24) is 14.9 Å². The molecule has 0 amide bonds. The van der Waals surface area contributed by atoms with E-state index in [2.05, 4.69) is 34.7 Å². The lowest BCUT2D eigenvalue weighted by molar-refractivity contribution is 0.249. The van der Waals surface area contributed by atoms with E-state index in [1.54, 1.807) is 0 Å². The van der Waals surface area contributed by atoms with Crippen LogP contribution in [0.5, 0.6) is 0 Å². The van der Waals surface area contributed by atoms with Gasteiger partial charge in [-0.1, -0.05) is 26.0 Å². The minimum atomic E-state index is -0.177. The average Bonchev–Trinajstić information content (AvgIpc) is 2.57. The topological polar surface area (TPSA) is 32.3 Å². The van der Waals surface area contributed by atoms with Crippen LogP contribution in [0.1, 0.15) is 36.8 Å². The van der Waals surface area contributed by atoms with Crippen LogP contribution >= 0.6 is 0 Å². The number of halogens is 1. The number of aryl methyl sites for hydroxylation is 1. The Bertz CT molecular complexity index is 676. The van der Waals surface area contributed by atoms with Crippen LogP contribution in [-0.2, 0) is 6.54 Å². The van der Waals surface area contributed by atoms with Gasteiger partial charge in [0.25, 0.3) is 0 Å². The zero-order chi connectivity index (χ0) is 17.1. The number of rotatable bonds is 4. The van der Waals surface area contributed by atoms with Gasteiger partial charge in [-0.15, -0.1) is 0 Å². The average molecular weight is 328 g/mol. The zero-order valence-corrected chi connectivity index (χ0v) is 14.7. The lowest BCUT2D eigenvalue weighted by atomic mass is 10.2. The highest BCUT2D eigenvalue weighted by Crippen LogP contribution is 2.19. The van der Waals surface area contributed by atoms with Gasteiger partial charge in [0, 0.05) is 50.4 Å². The smallest absolute Gasteiger partial charge is 0.133 e. The monoisotopic (exact) mass is 328 g/mol. The molecule has 0 radical (unpaired) electrons. The highest BCUT2D eigenvalue weighted by atomic mass is 19.1. The predicted octanol–water partition coefficient (Wildman–Crippen LogP) is 3.37. The van der Waals surface area contributed by atoms with Crippen molar-refractivity contribution in [3.05, 3.63) is 53.2 Å². The van der Waals surface area contributed by atoms with E-state index in [0.717, 1.165) is 55.6 Å². The molecule has 1 aromatic carbocycles. The maximum Gasteiger partial charge on any atom is 0.133 e. The van der Waals surface area contributed by atoms with Crippen LogP contribution in [0, 0.1) is 12.7 Å². The molecular formula is C19H25FN4. The molecule has 3 rings (SSSR count). The van der Waals surface area contributed by atoms with Crippen LogP contribution in [0.3, 0.4) is 0 Å². The Morgan fingerprint density at radius 3 is 2.33 bits per heavy atom. The first-order chi connectivity index (χ1) is 11.5. The molecule has 4 nitrogen and oxygen atoms in total. The van der Waals surface area contributed by atoms with Crippen molar-refractivity contribution in [3.63, 3.8) is 0 Å². The SMILES string of the molecule is Cc1cc(N2CCN(Cc3ccc(F)cc3)CC2)nc(C(C)C)n1. The van der Waals surface area contributed by atoms with Gasteiger partial charge in [0.2, 0.25) is 0 Å². The van der Waals surface area contributed by atoms with Crippen molar-refractivity contribution in [3.8, 4) is 0 Å². The second-order valence-corrected chi connectivity index (χ2v) is 6.77. The lowest BCUT2D eigenvalue weighted by Gasteiger charge is -2.35. The Balaban J connectivity index is 1.61. The largest absolute Gasteiger partial charge is 0.354 e. The summed E-state index contributed by atoms with van der Waals surface area (Å²) in [6.07, 6.45) is 0. The van der Waals surface area contributed by atoms with Gasteiger partial charge in [-0.2, -0.15) is 0 Å². The Morgan fingerprint density at radius 2 is 1.71 bits per heavy atom. The van der Waals surface area contributed by atoms with E-state index >= 15 is 0 Å². The summed E-state index contributed by atoms with van der Waals surface area (Å²) in [5, 5.41) is 0. The number of piperazine rings is 1. The number of benzene rings is 1. The molecule has 5 heteroatoms. The van der Waals surface area contributed by atoms with Crippen LogP contribution in [0.4, 0.5) is 10.2 Å². The number of hydrogen-bond donors (Lipinski definition) is 0. The van der Waals surface area contributed by atoms with E-state index in [0.29, 0.717) is 5.92 Å². The summed E-state index contributed by atoms with van der Waals surface area (Å²) in [6, 6.07) is 8.86. The lowest BCUT2D eigenvalue weighted by Crippen LogP contribution is -2.46. The fourth-order valence-electron chi connectivity index (χ4n) is 2.98. The van der Waals surface area contributed by atoms with Gasteiger partial charge in [-0.3, -0.25) is 4.90 Å². The molecule has 1 aliphatic heterocycles. The van der Waals surface area contributed by atoms with E-state index < -0.39 is 0 Å². The van der Waals surface area contributed by atoms with E-state index in [1.165, 1.54) is 12.1 Å². The molecular weight excluding hydrogens is 303 g/mol. The highest BCUT2D eigenvalue weighted by Gasteiger charge is 2.19. The quantitative estimate of drug-likeness (QED) is 0.861. The van der Waals surface area contributed by atoms with Crippen LogP contribution in [0.25, 0.3) is 0 Å². The number of nitrogens with zero attached hydrogens (tertiary/aromatic N) is 4. The first-order valence-electron chi connectivity index (χ1n) is 8.58. The third kappa shape index (κ3) is 4.09. The van der Waals surface area contributed by atoms with Gasteiger partial charge in [0.05, 0.1) is 0 Å². The molecule has 1 saturated heterocycles. The fourth-order valence-corrected chi connectivity index (χ4v) is 2.98. The molecule has 128 valence electrons. The summed E-state index contributed by atoms with van der Waals surface area (Å²) >= 11 is 0. The van der Waals surface area contributed by atoms with E-state index in [-0.39, 0.29) is 5.82 Å². The van der Waals surface area contributed by atoms with Crippen molar-refractivity contribution >= 4 is 5.82 Å². The second kappa shape index (κ2) is 7.26. The van der Waals surface area contributed by atoms with E-state index in [4.69, 9.17) is 4.98 Å². The normalized spacial score (nSPS) is 16.0. The summed E-state index contributed by atoms with van der Waals surface area (Å²) in [7, 11) is 0. The maximum atomic E-state index is 13.0. The molecule has 0 atom stereocenters. The summed E-state index contributed by atoms with van der Waals surface area (Å²) in [5.74, 6) is 2.11. The van der Waals surface area contributed by atoms with E-state index in [9.17, 15) is 4.39 Å². The Kier molecular flexibility index (Phi) is 5.09. The first-order valence-corrected chi connectivity index (χ1v) is 8.58. The van der Waals surface area contributed by atoms with Gasteiger partial charge in [0.1, 0.15) is 17.5 Å². The molecule has 1 aromatic heterocycles. The van der Waals surface area contributed by atoms with Crippen molar-refractivity contribution < 1.29 is 4.39 Å². The standard InChI is InChI=1S/C19H25FN4/c1-14(2)19-21-15(3)12-18(22-19)24-10-8-23(9-11-24)13-16-4-6-17(20)7-5-16/h4-7,12,14H,8-11,13H2,1-3H3. The molecule has 1 fully saturated rings. The summed E-state index contributed by atoms with van der Waals surface area (Å²) in [6.45, 7) is 11.0. The molecule has 2 aromatic rings. The molecule has 0 aliphatic carbocycles. The molecule has 1 aliphatic rings. The molecule has 0 N–H and O–H groups in total. The van der Waals surface area contributed by atoms with Crippen molar-refractivity contribution in [2.24, 2.45) is 0 Å². The van der Waals surface area contributed by atoms with Crippen LogP contribution < -0.4 is 4.90 Å². The molecule has 0 bridgehead atoms. The Hall–Kier alpha value is -2.01. The molecule has 2 heterocycles.